The highest BCUT2D eigenvalue weighted by atomic mass is 32.1. The molecule has 0 saturated heterocycles. The number of rotatable bonds is 3. The molecule has 2 N–H and O–H groups in total. The van der Waals surface area contributed by atoms with Crippen molar-refractivity contribution in [3.63, 3.8) is 0 Å². The second-order valence-electron chi connectivity index (χ2n) is 4.42. The molecule has 2 aromatic rings. The van der Waals surface area contributed by atoms with Gasteiger partial charge in [-0.2, -0.15) is 0 Å². The quantitative estimate of drug-likeness (QED) is 0.892. The minimum absolute atomic E-state index is 0.189. The Morgan fingerprint density at radius 1 is 1.28 bits per heavy atom. The number of anilines is 1. The Balaban J connectivity index is 1.77. The molecule has 1 heterocycles. The average molecular weight is 261 g/mol. The van der Waals surface area contributed by atoms with Crippen molar-refractivity contribution in [1.82, 2.24) is 0 Å². The van der Waals surface area contributed by atoms with Crippen molar-refractivity contribution < 1.29 is 14.7 Å². The molecule has 92 valence electrons. The highest BCUT2D eigenvalue weighted by molar-refractivity contribution is 7.17. The van der Waals surface area contributed by atoms with Crippen LogP contribution in [0.4, 0.5) is 5.69 Å². The second kappa shape index (κ2) is 4.10. The van der Waals surface area contributed by atoms with Gasteiger partial charge in [0.2, 0.25) is 5.91 Å². The lowest BCUT2D eigenvalue weighted by molar-refractivity contribution is -0.139. The summed E-state index contributed by atoms with van der Waals surface area (Å²) in [5.41, 5.74) is 0.775. The van der Waals surface area contributed by atoms with E-state index in [1.165, 1.54) is 0 Å². The van der Waals surface area contributed by atoms with Gasteiger partial charge in [0, 0.05) is 15.5 Å². The highest BCUT2D eigenvalue weighted by Crippen LogP contribution is 2.40. The Hall–Kier alpha value is -1.88. The predicted octanol–water partition coefficient (Wildman–Crippen LogP) is 2.56. The fourth-order valence-corrected chi connectivity index (χ4v) is 2.95. The molecule has 0 aliphatic heterocycles. The molecule has 2 atom stereocenters. The maximum absolute atomic E-state index is 11.9. The van der Waals surface area contributed by atoms with Crippen LogP contribution in [0.15, 0.2) is 29.6 Å². The number of nitrogens with one attached hydrogen (secondary N) is 1. The Morgan fingerprint density at radius 2 is 2.06 bits per heavy atom. The van der Waals surface area contributed by atoms with Crippen molar-refractivity contribution in [2.24, 2.45) is 11.8 Å². The number of hydrogen-bond donors (Lipinski definition) is 2. The first kappa shape index (κ1) is 11.2. The molecule has 1 amide bonds. The summed E-state index contributed by atoms with van der Waals surface area (Å²) < 4.78 is 1.11. The van der Waals surface area contributed by atoms with Crippen molar-refractivity contribution in [3.8, 4) is 0 Å². The van der Waals surface area contributed by atoms with Crippen molar-refractivity contribution in [2.75, 3.05) is 5.32 Å². The number of hydrogen-bond acceptors (Lipinski definition) is 3. The van der Waals surface area contributed by atoms with Gasteiger partial charge in [-0.15, -0.1) is 11.3 Å². The van der Waals surface area contributed by atoms with E-state index in [4.69, 9.17) is 5.11 Å². The zero-order valence-corrected chi connectivity index (χ0v) is 10.2. The number of benzene rings is 1. The lowest BCUT2D eigenvalue weighted by Crippen LogP contribution is -2.16. The molecule has 0 radical (unpaired) electrons. The van der Waals surface area contributed by atoms with Crippen LogP contribution in [-0.2, 0) is 9.59 Å². The summed E-state index contributed by atoms with van der Waals surface area (Å²) in [7, 11) is 0. The van der Waals surface area contributed by atoms with Gasteiger partial charge in [0.25, 0.3) is 0 Å². The van der Waals surface area contributed by atoms with Crippen LogP contribution >= 0.6 is 11.3 Å². The Bertz CT molecular complexity index is 634. The van der Waals surface area contributed by atoms with E-state index in [9.17, 15) is 9.59 Å². The summed E-state index contributed by atoms with van der Waals surface area (Å²) >= 11 is 1.56. The molecule has 18 heavy (non-hydrogen) atoms. The number of fused-ring (bicyclic) bond motifs is 1. The van der Waals surface area contributed by atoms with Crippen molar-refractivity contribution in [2.45, 2.75) is 6.42 Å². The Kier molecular flexibility index (Phi) is 2.56. The molecule has 5 heteroatoms. The first-order valence-electron chi connectivity index (χ1n) is 5.66. The Labute approximate surface area is 107 Å². The summed E-state index contributed by atoms with van der Waals surface area (Å²) in [6.45, 7) is 0. The molecule has 4 nitrogen and oxygen atoms in total. The van der Waals surface area contributed by atoms with Crippen LogP contribution in [0.5, 0.6) is 0 Å². The number of carboxylic acids is 1. The van der Waals surface area contributed by atoms with Crippen LogP contribution in [-0.4, -0.2) is 17.0 Å². The summed E-state index contributed by atoms with van der Waals surface area (Å²) in [5.74, 6) is -1.95. The van der Waals surface area contributed by atoms with E-state index in [0.717, 1.165) is 15.8 Å². The van der Waals surface area contributed by atoms with Crippen LogP contribution in [0.3, 0.4) is 0 Å². The van der Waals surface area contributed by atoms with Gasteiger partial charge in [-0.1, -0.05) is 18.2 Å². The zero-order chi connectivity index (χ0) is 12.7. The third-order valence-corrected chi connectivity index (χ3v) is 4.15. The minimum Gasteiger partial charge on any atom is -0.481 e. The van der Waals surface area contributed by atoms with Gasteiger partial charge in [-0.25, -0.2) is 0 Å². The van der Waals surface area contributed by atoms with E-state index in [1.54, 1.807) is 11.3 Å². The molecule has 2 unspecified atom stereocenters. The van der Waals surface area contributed by atoms with E-state index < -0.39 is 11.9 Å². The molecular formula is C13H11NO3S. The van der Waals surface area contributed by atoms with E-state index in [2.05, 4.69) is 5.32 Å². The van der Waals surface area contributed by atoms with Crippen LogP contribution in [0.1, 0.15) is 6.42 Å². The van der Waals surface area contributed by atoms with Gasteiger partial charge in [-0.3, -0.25) is 9.59 Å². The fraction of sp³-hybridized carbons (Fsp3) is 0.231. The van der Waals surface area contributed by atoms with Crippen LogP contribution < -0.4 is 5.32 Å². The van der Waals surface area contributed by atoms with Gasteiger partial charge < -0.3 is 10.4 Å². The lowest BCUT2D eigenvalue weighted by Gasteiger charge is -2.02. The van der Waals surface area contributed by atoms with Gasteiger partial charge in [0.05, 0.1) is 17.5 Å². The summed E-state index contributed by atoms with van der Waals surface area (Å²) in [6.07, 6.45) is 0.448. The van der Waals surface area contributed by atoms with Crippen molar-refractivity contribution in [3.05, 3.63) is 29.6 Å². The largest absolute Gasteiger partial charge is 0.481 e. The summed E-state index contributed by atoms with van der Waals surface area (Å²) in [5, 5.41) is 14.5. The van der Waals surface area contributed by atoms with Gasteiger partial charge in [0.1, 0.15) is 0 Å². The monoisotopic (exact) mass is 261 g/mol. The Morgan fingerprint density at radius 3 is 2.78 bits per heavy atom. The number of aliphatic carboxylic acids is 1. The predicted molar refractivity (Wildman–Crippen MR) is 69.7 cm³/mol. The van der Waals surface area contributed by atoms with E-state index in [1.807, 2.05) is 29.6 Å². The van der Waals surface area contributed by atoms with Crippen molar-refractivity contribution >= 4 is 39.0 Å². The normalized spacial score (nSPS) is 21.8. The van der Waals surface area contributed by atoms with Gasteiger partial charge in [0.15, 0.2) is 0 Å². The number of amides is 1. The number of carbonyl (C=O) groups excluding carboxylic acids is 1. The molecule has 3 rings (SSSR count). The number of carboxylic acid groups (broad SMARTS) is 1. The maximum Gasteiger partial charge on any atom is 0.307 e. The van der Waals surface area contributed by atoms with E-state index in [0.29, 0.717) is 6.42 Å². The molecule has 1 fully saturated rings. The standard InChI is InChI=1S/C13H11NO3S/c15-12(8-5-9(8)13(16)17)14-10-6-18-11-4-2-1-3-7(10)11/h1-4,6,8-9H,5H2,(H,14,15)(H,16,17). The van der Waals surface area contributed by atoms with Crippen LogP contribution in [0.2, 0.25) is 0 Å². The maximum atomic E-state index is 11.9. The van der Waals surface area contributed by atoms with E-state index in [-0.39, 0.29) is 11.8 Å². The topological polar surface area (TPSA) is 66.4 Å². The minimum atomic E-state index is -0.884. The molecule has 1 saturated carbocycles. The number of thiophene rings is 1. The molecule has 1 aliphatic rings. The van der Waals surface area contributed by atoms with Crippen LogP contribution in [0, 0.1) is 11.8 Å². The zero-order valence-electron chi connectivity index (χ0n) is 9.42. The summed E-state index contributed by atoms with van der Waals surface area (Å²) in [4.78, 5) is 22.6. The summed E-state index contributed by atoms with van der Waals surface area (Å²) in [6, 6.07) is 7.81. The molecule has 1 aliphatic carbocycles. The van der Waals surface area contributed by atoms with E-state index >= 15 is 0 Å². The third-order valence-electron chi connectivity index (χ3n) is 3.18. The van der Waals surface area contributed by atoms with Crippen LogP contribution in [0.25, 0.3) is 10.1 Å². The molecule has 1 aromatic carbocycles. The van der Waals surface area contributed by atoms with Gasteiger partial charge >= 0.3 is 5.97 Å². The fourth-order valence-electron chi connectivity index (χ4n) is 2.06. The lowest BCUT2D eigenvalue weighted by atomic mass is 10.2. The average Bonchev–Trinajstić information content (AvgIpc) is 3.08. The SMILES string of the molecule is O=C(O)C1CC1C(=O)Nc1csc2ccccc12. The first-order chi connectivity index (χ1) is 8.66. The number of carbonyl (C=O) groups is 2. The molecule has 0 bridgehead atoms. The smallest absolute Gasteiger partial charge is 0.307 e. The second-order valence-corrected chi connectivity index (χ2v) is 5.33. The third kappa shape index (κ3) is 1.86. The van der Waals surface area contributed by atoms with Crippen molar-refractivity contribution in [1.29, 1.82) is 0 Å². The first-order valence-corrected chi connectivity index (χ1v) is 6.54. The highest BCUT2D eigenvalue weighted by Gasteiger charge is 2.48. The molecule has 1 aromatic heterocycles. The molecule has 0 spiro atoms. The van der Waals surface area contributed by atoms with Gasteiger partial charge in [-0.05, 0) is 12.5 Å². The molecular weight excluding hydrogens is 250 g/mol.